The van der Waals surface area contributed by atoms with Gasteiger partial charge in [0.25, 0.3) is 0 Å². The summed E-state index contributed by atoms with van der Waals surface area (Å²) in [5.74, 6) is 0. The summed E-state index contributed by atoms with van der Waals surface area (Å²) in [4.78, 5) is 12.0. The SMILES string of the molecule is C[C@H](CCc1ccccc1)NC(=O)NCCc1ccc(S(N)(=O)=O)cc1. The highest BCUT2D eigenvalue weighted by molar-refractivity contribution is 7.89. The first-order chi connectivity index (χ1) is 12.3. The van der Waals surface area contributed by atoms with Crippen LogP contribution in [0.25, 0.3) is 0 Å². The average molecular weight is 375 g/mol. The van der Waals surface area contributed by atoms with Gasteiger partial charge in [0.15, 0.2) is 0 Å². The van der Waals surface area contributed by atoms with E-state index in [0.717, 1.165) is 18.4 Å². The lowest BCUT2D eigenvalue weighted by molar-refractivity contribution is 0.237. The van der Waals surface area contributed by atoms with Crippen molar-refractivity contribution in [3.05, 3.63) is 65.7 Å². The van der Waals surface area contributed by atoms with Crippen LogP contribution in [-0.2, 0) is 22.9 Å². The minimum absolute atomic E-state index is 0.0734. The fourth-order valence-corrected chi connectivity index (χ4v) is 3.06. The monoisotopic (exact) mass is 375 g/mol. The predicted molar refractivity (Wildman–Crippen MR) is 102 cm³/mol. The Hall–Kier alpha value is -2.38. The summed E-state index contributed by atoms with van der Waals surface area (Å²) in [6.45, 7) is 2.44. The Labute approximate surface area is 154 Å². The van der Waals surface area contributed by atoms with Gasteiger partial charge in [-0.1, -0.05) is 42.5 Å². The minimum atomic E-state index is -3.67. The first kappa shape index (κ1) is 19.9. The van der Waals surface area contributed by atoms with Crippen molar-refractivity contribution in [1.29, 1.82) is 0 Å². The van der Waals surface area contributed by atoms with Gasteiger partial charge in [-0.2, -0.15) is 0 Å². The fourth-order valence-electron chi connectivity index (χ4n) is 2.54. The second-order valence-corrected chi connectivity index (χ2v) is 7.83. The van der Waals surface area contributed by atoms with E-state index in [1.807, 2.05) is 25.1 Å². The summed E-state index contributed by atoms with van der Waals surface area (Å²) in [7, 11) is -3.67. The van der Waals surface area contributed by atoms with Crippen molar-refractivity contribution in [3.8, 4) is 0 Å². The maximum Gasteiger partial charge on any atom is 0.315 e. The molecule has 0 saturated carbocycles. The van der Waals surface area contributed by atoms with Crippen molar-refractivity contribution in [2.24, 2.45) is 5.14 Å². The second kappa shape index (κ2) is 9.35. The lowest BCUT2D eigenvalue weighted by Crippen LogP contribution is -2.41. The lowest BCUT2D eigenvalue weighted by atomic mass is 10.1. The maximum absolute atomic E-state index is 11.9. The number of carbonyl (C=O) groups excluding carboxylic acids is 1. The second-order valence-electron chi connectivity index (χ2n) is 6.26. The van der Waals surface area contributed by atoms with Gasteiger partial charge < -0.3 is 10.6 Å². The maximum atomic E-state index is 11.9. The van der Waals surface area contributed by atoms with Crippen LogP contribution in [0.15, 0.2) is 59.5 Å². The Kier molecular flexibility index (Phi) is 7.17. The molecule has 0 saturated heterocycles. The third-order valence-corrected chi connectivity index (χ3v) is 4.97. The molecule has 4 N–H and O–H groups in total. The van der Waals surface area contributed by atoms with Crippen LogP contribution in [0.2, 0.25) is 0 Å². The van der Waals surface area contributed by atoms with E-state index in [2.05, 4.69) is 22.8 Å². The Balaban J connectivity index is 1.68. The van der Waals surface area contributed by atoms with Gasteiger partial charge in [-0.15, -0.1) is 0 Å². The normalized spacial score (nSPS) is 12.4. The molecule has 6 nitrogen and oxygen atoms in total. The van der Waals surface area contributed by atoms with Crippen LogP contribution in [0.5, 0.6) is 0 Å². The number of carbonyl (C=O) groups is 1. The molecule has 0 aliphatic heterocycles. The molecular weight excluding hydrogens is 350 g/mol. The van der Waals surface area contributed by atoms with Gasteiger partial charge in [0.1, 0.15) is 0 Å². The van der Waals surface area contributed by atoms with Gasteiger partial charge in [-0.25, -0.2) is 18.4 Å². The summed E-state index contributed by atoms with van der Waals surface area (Å²) in [6, 6.07) is 16.4. The Bertz CT molecular complexity index is 806. The number of amides is 2. The predicted octanol–water partition coefficient (Wildman–Crippen LogP) is 2.20. The summed E-state index contributed by atoms with van der Waals surface area (Å²) in [6.07, 6.45) is 2.39. The lowest BCUT2D eigenvalue weighted by Gasteiger charge is -2.14. The number of hydrogen-bond acceptors (Lipinski definition) is 3. The van der Waals surface area contributed by atoms with Crippen LogP contribution in [0.4, 0.5) is 4.79 Å². The van der Waals surface area contributed by atoms with Crippen molar-refractivity contribution in [3.63, 3.8) is 0 Å². The van der Waals surface area contributed by atoms with Gasteiger partial charge in [0, 0.05) is 12.6 Å². The van der Waals surface area contributed by atoms with E-state index in [1.165, 1.54) is 17.7 Å². The fraction of sp³-hybridized carbons (Fsp3) is 0.316. The van der Waals surface area contributed by atoms with Crippen LogP contribution in [-0.4, -0.2) is 27.0 Å². The van der Waals surface area contributed by atoms with E-state index in [1.54, 1.807) is 12.1 Å². The van der Waals surface area contributed by atoms with Crippen LogP contribution < -0.4 is 15.8 Å². The molecule has 0 unspecified atom stereocenters. The number of benzene rings is 2. The molecule has 0 spiro atoms. The molecule has 7 heteroatoms. The van der Waals surface area contributed by atoms with Gasteiger partial charge >= 0.3 is 6.03 Å². The molecule has 0 fully saturated rings. The summed E-state index contributed by atoms with van der Waals surface area (Å²) >= 11 is 0. The number of sulfonamides is 1. The van der Waals surface area contributed by atoms with Crippen molar-refractivity contribution >= 4 is 16.1 Å². The highest BCUT2D eigenvalue weighted by Gasteiger charge is 2.08. The number of aryl methyl sites for hydroxylation is 1. The molecule has 2 rings (SSSR count). The van der Waals surface area contributed by atoms with E-state index < -0.39 is 10.0 Å². The smallest absolute Gasteiger partial charge is 0.315 e. The van der Waals surface area contributed by atoms with Crippen LogP contribution in [0, 0.1) is 0 Å². The number of hydrogen-bond donors (Lipinski definition) is 3. The highest BCUT2D eigenvalue weighted by atomic mass is 32.2. The minimum Gasteiger partial charge on any atom is -0.338 e. The number of urea groups is 1. The van der Waals surface area contributed by atoms with Crippen LogP contribution in [0.3, 0.4) is 0 Å². The van der Waals surface area contributed by atoms with Crippen LogP contribution in [0.1, 0.15) is 24.5 Å². The van der Waals surface area contributed by atoms with Crippen molar-refractivity contribution < 1.29 is 13.2 Å². The van der Waals surface area contributed by atoms with Gasteiger partial charge in [0.05, 0.1) is 4.90 Å². The van der Waals surface area contributed by atoms with E-state index in [9.17, 15) is 13.2 Å². The van der Waals surface area contributed by atoms with E-state index in [0.29, 0.717) is 13.0 Å². The molecule has 140 valence electrons. The molecule has 0 aromatic heterocycles. The number of nitrogens with two attached hydrogens (primary N) is 1. The molecular formula is C19H25N3O3S. The number of nitrogens with one attached hydrogen (secondary N) is 2. The molecule has 2 aromatic rings. The summed E-state index contributed by atoms with van der Waals surface area (Å²) in [5, 5.41) is 10.8. The molecule has 2 aromatic carbocycles. The van der Waals surface area contributed by atoms with Crippen molar-refractivity contribution in [1.82, 2.24) is 10.6 Å². The third kappa shape index (κ3) is 6.85. The van der Waals surface area contributed by atoms with E-state index in [4.69, 9.17) is 5.14 Å². The van der Waals surface area contributed by atoms with Crippen molar-refractivity contribution in [2.75, 3.05) is 6.54 Å². The topological polar surface area (TPSA) is 101 Å². The van der Waals surface area contributed by atoms with E-state index in [-0.39, 0.29) is 17.0 Å². The standard InChI is InChI=1S/C19H25N3O3S/c1-15(7-8-16-5-3-2-4-6-16)22-19(23)21-14-13-17-9-11-18(12-10-17)26(20,24)25/h2-6,9-12,15H,7-8,13-14H2,1H3,(H2,20,24,25)(H2,21,22,23)/t15-/m1/s1. The molecule has 0 bridgehead atoms. The zero-order valence-electron chi connectivity index (χ0n) is 14.8. The third-order valence-electron chi connectivity index (χ3n) is 4.04. The molecule has 26 heavy (non-hydrogen) atoms. The Morgan fingerprint density at radius 3 is 2.23 bits per heavy atom. The van der Waals surface area contributed by atoms with Crippen LogP contribution >= 0.6 is 0 Å². The number of rotatable bonds is 8. The average Bonchev–Trinajstić information content (AvgIpc) is 2.60. The molecule has 1 atom stereocenters. The largest absolute Gasteiger partial charge is 0.338 e. The van der Waals surface area contributed by atoms with Gasteiger partial charge in [0.2, 0.25) is 10.0 Å². The first-order valence-corrected chi connectivity index (χ1v) is 10.1. The van der Waals surface area contributed by atoms with Gasteiger partial charge in [-0.05, 0) is 49.4 Å². The summed E-state index contributed by atoms with van der Waals surface area (Å²) in [5.41, 5.74) is 2.18. The Morgan fingerprint density at radius 2 is 1.62 bits per heavy atom. The van der Waals surface area contributed by atoms with Gasteiger partial charge in [-0.3, -0.25) is 0 Å². The van der Waals surface area contributed by atoms with Crippen molar-refractivity contribution in [2.45, 2.75) is 37.1 Å². The highest BCUT2D eigenvalue weighted by Crippen LogP contribution is 2.09. The molecule has 0 radical (unpaired) electrons. The summed E-state index contributed by atoms with van der Waals surface area (Å²) < 4.78 is 22.4. The molecule has 0 aliphatic carbocycles. The van der Waals surface area contributed by atoms with E-state index >= 15 is 0 Å². The quantitative estimate of drug-likeness (QED) is 0.659. The first-order valence-electron chi connectivity index (χ1n) is 8.54. The molecule has 0 aliphatic rings. The molecule has 0 heterocycles. The Morgan fingerprint density at radius 1 is 1.00 bits per heavy atom. The zero-order valence-corrected chi connectivity index (χ0v) is 15.6. The molecule has 2 amide bonds. The zero-order chi connectivity index (χ0) is 19.0. The number of primary sulfonamides is 1.